The van der Waals surface area contributed by atoms with Crippen LogP contribution >= 0.6 is 0 Å². The lowest BCUT2D eigenvalue weighted by atomic mass is 9.72. The zero-order chi connectivity index (χ0) is 23.2. The molecule has 0 radical (unpaired) electrons. The van der Waals surface area contributed by atoms with Crippen molar-refractivity contribution in [3.63, 3.8) is 0 Å². The highest BCUT2D eigenvalue weighted by atomic mass is 19.1. The number of benzene rings is 2. The first-order valence-corrected chi connectivity index (χ1v) is 12.2. The van der Waals surface area contributed by atoms with Crippen LogP contribution in [0, 0.1) is 24.1 Å². The Kier molecular flexibility index (Phi) is 5.81. The largest absolute Gasteiger partial charge is 0.470 e. The number of carbonyl (C=O) groups is 1. The van der Waals surface area contributed by atoms with Crippen molar-refractivity contribution in [2.45, 2.75) is 46.4 Å². The van der Waals surface area contributed by atoms with E-state index in [-0.39, 0.29) is 29.3 Å². The van der Waals surface area contributed by atoms with E-state index in [2.05, 4.69) is 42.7 Å². The SMILES string of the molecule is Cc1ccc2c(c1)CN1C(=O)C(CCN3CCN(c4ccc(F)cc4)CC3)(C(C)C)CC1O2. The van der Waals surface area contributed by atoms with Gasteiger partial charge in [0.25, 0.3) is 0 Å². The average Bonchev–Trinajstić information content (AvgIpc) is 3.09. The Morgan fingerprint density at radius 3 is 2.52 bits per heavy atom. The number of hydrogen-bond donors (Lipinski definition) is 0. The number of nitrogens with zero attached hydrogens (tertiary/aromatic N) is 3. The second-order valence-electron chi connectivity index (χ2n) is 10.2. The third-order valence-electron chi connectivity index (χ3n) is 7.94. The van der Waals surface area contributed by atoms with Crippen molar-refractivity contribution in [2.24, 2.45) is 11.3 Å². The molecule has 3 aliphatic heterocycles. The van der Waals surface area contributed by atoms with Crippen molar-refractivity contribution in [3.8, 4) is 5.75 Å². The predicted molar refractivity (Wildman–Crippen MR) is 128 cm³/mol. The van der Waals surface area contributed by atoms with E-state index in [1.165, 1.54) is 17.7 Å². The van der Waals surface area contributed by atoms with Crippen LogP contribution in [-0.2, 0) is 11.3 Å². The fourth-order valence-electron chi connectivity index (χ4n) is 5.70. The van der Waals surface area contributed by atoms with Crippen molar-refractivity contribution in [1.29, 1.82) is 0 Å². The molecule has 2 aromatic rings. The maximum absolute atomic E-state index is 13.7. The van der Waals surface area contributed by atoms with Gasteiger partial charge in [0, 0.05) is 43.9 Å². The lowest BCUT2D eigenvalue weighted by Gasteiger charge is -2.38. The Balaban J connectivity index is 1.23. The summed E-state index contributed by atoms with van der Waals surface area (Å²) in [6.45, 7) is 11.7. The van der Waals surface area contributed by atoms with Crippen LogP contribution in [0.1, 0.15) is 37.8 Å². The van der Waals surface area contributed by atoms with E-state index in [4.69, 9.17) is 4.74 Å². The van der Waals surface area contributed by atoms with E-state index >= 15 is 0 Å². The van der Waals surface area contributed by atoms with E-state index in [0.29, 0.717) is 6.54 Å². The van der Waals surface area contributed by atoms with Crippen LogP contribution in [0.2, 0.25) is 0 Å². The van der Waals surface area contributed by atoms with Gasteiger partial charge in [0.1, 0.15) is 11.6 Å². The van der Waals surface area contributed by atoms with Gasteiger partial charge in [-0.25, -0.2) is 4.39 Å². The number of fused-ring (bicyclic) bond motifs is 2. The van der Waals surface area contributed by atoms with Crippen LogP contribution in [0.15, 0.2) is 42.5 Å². The third-order valence-corrected chi connectivity index (χ3v) is 7.94. The third kappa shape index (κ3) is 4.10. The fraction of sp³-hybridized carbons (Fsp3) is 0.519. The summed E-state index contributed by atoms with van der Waals surface area (Å²) in [6, 6.07) is 13.0. The van der Waals surface area contributed by atoms with Crippen LogP contribution < -0.4 is 9.64 Å². The highest BCUT2D eigenvalue weighted by molar-refractivity contribution is 5.86. The molecule has 0 aromatic heterocycles. The summed E-state index contributed by atoms with van der Waals surface area (Å²) >= 11 is 0. The molecule has 6 heteroatoms. The number of piperazine rings is 1. The highest BCUT2D eigenvalue weighted by Crippen LogP contribution is 2.48. The van der Waals surface area contributed by atoms with Crippen LogP contribution in [0.5, 0.6) is 5.75 Å². The van der Waals surface area contributed by atoms with Crippen molar-refractivity contribution < 1.29 is 13.9 Å². The Morgan fingerprint density at radius 2 is 1.82 bits per heavy atom. The van der Waals surface area contributed by atoms with Crippen molar-refractivity contribution >= 4 is 11.6 Å². The smallest absolute Gasteiger partial charge is 0.232 e. The minimum Gasteiger partial charge on any atom is -0.470 e. The number of rotatable bonds is 5. The molecule has 2 unspecified atom stereocenters. The zero-order valence-corrected chi connectivity index (χ0v) is 19.9. The van der Waals surface area contributed by atoms with Crippen LogP contribution in [-0.4, -0.2) is 54.7 Å². The molecular formula is C27H34FN3O2. The molecule has 33 heavy (non-hydrogen) atoms. The molecule has 3 aliphatic rings. The average molecular weight is 452 g/mol. The normalized spacial score (nSPS) is 25.2. The summed E-state index contributed by atoms with van der Waals surface area (Å²) < 4.78 is 19.5. The molecule has 2 aromatic carbocycles. The predicted octanol–water partition coefficient (Wildman–Crippen LogP) is 4.44. The van der Waals surface area contributed by atoms with Gasteiger partial charge in [-0.15, -0.1) is 0 Å². The second kappa shape index (κ2) is 8.64. The standard InChI is InChI=1S/C27H34FN3O2/c1-19(2)27(10-11-29-12-14-30(15-13-29)23-7-5-22(28)6-8-23)17-25-31(26(27)32)18-21-16-20(3)4-9-24(21)33-25/h4-9,16,19,25H,10-15,17-18H2,1-3H3. The Labute approximate surface area is 196 Å². The van der Waals surface area contributed by atoms with E-state index in [1.54, 1.807) is 0 Å². The second-order valence-corrected chi connectivity index (χ2v) is 10.2. The lowest BCUT2D eigenvalue weighted by molar-refractivity contribution is -0.142. The maximum Gasteiger partial charge on any atom is 0.232 e. The molecule has 0 aliphatic carbocycles. The topological polar surface area (TPSA) is 36.0 Å². The number of anilines is 1. The number of aryl methyl sites for hydroxylation is 1. The molecule has 0 spiro atoms. The van der Waals surface area contributed by atoms with Gasteiger partial charge >= 0.3 is 0 Å². The minimum absolute atomic E-state index is 0.162. The first-order chi connectivity index (χ1) is 15.9. The monoisotopic (exact) mass is 451 g/mol. The number of hydrogen-bond acceptors (Lipinski definition) is 4. The Bertz CT molecular complexity index is 1020. The lowest BCUT2D eigenvalue weighted by Crippen LogP contribution is -2.48. The fourth-order valence-corrected chi connectivity index (χ4v) is 5.70. The molecule has 5 rings (SSSR count). The van der Waals surface area contributed by atoms with Crippen molar-refractivity contribution in [1.82, 2.24) is 9.80 Å². The van der Waals surface area contributed by atoms with E-state index < -0.39 is 0 Å². The minimum atomic E-state index is -0.379. The van der Waals surface area contributed by atoms with Gasteiger partial charge in [-0.05, 0) is 56.1 Å². The Morgan fingerprint density at radius 1 is 1.09 bits per heavy atom. The maximum atomic E-state index is 13.7. The van der Waals surface area contributed by atoms with Gasteiger partial charge in [-0.3, -0.25) is 9.69 Å². The molecule has 3 heterocycles. The molecule has 0 saturated carbocycles. The van der Waals surface area contributed by atoms with E-state index in [9.17, 15) is 9.18 Å². The summed E-state index contributed by atoms with van der Waals surface area (Å²) in [6.07, 6.45) is 1.45. The number of amides is 1. The number of halogens is 1. The van der Waals surface area contributed by atoms with Crippen molar-refractivity contribution in [3.05, 3.63) is 59.4 Å². The summed E-state index contributed by atoms with van der Waals surface area (Å²) in [7, 11) is 0. The molecule has 2 saturated heterocycles. The molecule has 2 atom stereocenters. The van der Waals surface area contributed by atoms with Crippen LogP contribution in [0.4, 0.5) is 10.1 Å². The highest BCUT2D eigenvalue weighted by Gasteiger charge is 2.55. The molecule has 0 N–H and O–H groups in total. The number of carbonyl (C=O) groups excluding carboxylic acids is 1. The number of ether oxygens (including phenoxy) is 1. The Hall–Kier alpha value is -2.60. The molecular weight excluding hydrogens is 417 g/mol. The van der Waals surface area contributed by atoms with E-state index in [1.807, 2.05) is 23.1 Å². The molecule has 5 nitrogen and oxygen atoms in total. The van der Waals surface area contributed by atoms with E-state index in [0.717, 1.165) is 62.6 Å². The molecule has 0 bridgehead atoms. The van der Waals surface area contributed by atoms with Gasteiger partial charge in [0.2, 0.25) is 5.91 Å². The van der Waals surface area contributed by atoms with Gasteiger partial charge < -0.3 is 14.5 Å². The van der Waals surface area contributed by atoms with Crippen LogP contribution in [0.25, 0.3) is 0 Å². The van der Waals surface area contributed by atoms with Gasteiger partial charge in [-0.1, -0.05) is 31.5 Å². The van der Waals surface area contributed by atoms with Crippen molar-refractivity contribution in [2.75, 3.05) is 37.6 Å². The zero-order valence-electron chi connectivity index (χ0n) is 19.9. The first kappa shape index (κ1) is 22.2. The molecule has 176 valence electrons. The van der Waals surface area contributed by atoms with Gasteiger partial charge in [-0.2, -0.15) is 0 Å². The summed E-state index contributed by atoms with van der Waals surface area (Å²) in [5, 5.41) is 0. The molecule has 2 fully saturated rings. The molecule has 1 amide bonds. The van der Waals surface area contributed by atoms with Gasteiger partial charge in [0.15, 0.2) is 6.23 Å². The van der Waals surface area contributed by atoms with Crippen LogP contribution in [0.3, 0.4) is 0 Å². The quantitative estimate of drug-likeness (QED) is 0.674. The summed E-state index contributed by atoms with van der Waals surface area (Å²) in [5.41, 5.74) is 2.99. The first-order valence-electron chi connectivity index (χ1n) is 12.2. The summed E-state index contributed by atoms with van der Waals surface area (Å²) in [4.78, 5) is 20.5. The van der Waals surface area contributed by atoms with Gasteiger partial charge in [0.05, 0.1) is 12.0 Å². The summed E-state index contributed by atoms with van der Waals surface area (Å²) in [5.74, 6) is 1.23.